The molecule has 2 aromatic carbocycles. The van der Waals surface area contributed by atoms with E-state index in [4.69, 9.17) is 17.3 Å². The number of hydrogen-bond donors (Lipinski definition) is 2. The molecule has 29 heavy (non-hydrogen) atoms. The van der Waals surface area contributed by atoms with Crippen LogP contribution in [0.15, 0.2) is 60.9 Å². The second-order valence-electron chi connectivity index (χ2n) is 8.09. The molecule has 2 aromatic heterocycles. The second-order valence-corrected chi connectivity index (χ2v) is 8.52. The third kappa shape index (κ3) is 3.70. The zero-order chi connectivity index (χ0) is 19.8. The summed E-state index contributed by atoms with van der Waals surface area (Å²) in [5, 5.41) is 3.11. The highest BCUT2D eigenvalue weighted by molar-refractivity contribution is 6.31. The van der Waals surface area contributed by atoms with E-state index in [0.717, 1.165) is 48.2 Å². The number of anilines is 1. The van der Waals surface area contributed by atoms with E-state index >= 15 is 0 Å². The van der Waals surface area contributed by atoms with E-state index < -0.39 is 0 Å². The van der Waals surface area contributed by atoms with E-state index in [0.29, 0.717) is 12.1 Å². The van der Waals surface area contributed by atoms with Crippen LogP contribution in [0, 0.1) is 0 Å². The van der Waals surface area contributed by atoms with Crippen LogP contribution < -0.4 is 10.6 Å². The predicted molar refractivity (Wildman–Crippen MR) is 121 cm³/mol. The Morgan fingerprint density at radius 2 is 1.90 bits per heavy atom. The van der Waals surface area contributed by atoms with Crippen molar-refractivity contribution in [2.24, 2.45) is 5.73 Å². The van der Waals surface area contributed by atoms with Gasteiger partial charge in [0.25, 0.3) is 0 Å². The van der Waals surface area contributed by atoms with E-state index in [1.54, 1.807) is 0 Å². The van der Waals surface area contributed by atoms with Crippen molar-refractivity contribution < 1.29 is 0 Å². The number of H-pyrrole nitrogens is 1. The minimum absolute atomic E-state index is 0.330. The molecule has 1 saturated carbocycles. The van der Waals surface area contributed by atoms with Crippen molar-refractivity contribution in [1.82, 2.24) is 9.97 Å². The summed E-state index contributed by atoms with van der Waals surface area (Å²) in [6.45, 7) is 0.858. The van der Waals surface area contributed by atoms with Crippen molar-refractivity contribution in [3.8, 4) is 0 Å². The Balaban J connectivity index is 1.56. The quantitative estimate of drug-likeness (QED) is 0.462. The lowest BCUT2D eigenvalue weighted by Crippen LogP contribution is -2.40. The molecule has 0 radical (unpaired) electrons. The summed E-state index contributed by atoms with van der Waals surface area (Å²) in [6, 6.07) is 17.7. The van der Waals surface area contributed by atoms with Crippen LogP contribution in [0.1, 0.15) is 31.2 Å². The molecule has 1 aliphatic carbocycles. The summed E-state index contributed by atoms with van der Waals surface area (Å²) in [7, 11) is 0. The van der Waals surface area contributed by atoms with Crippen molar-refractivity contribution in [2.45, 2.75) is 44.3 Å². The van der Waals surface area contributed by atoms with Gasteiger partial charge in [-0.2, -0.15) is 0 Å². The van der Waals surface area contributed by atoms with Crippen molar-refractivity contribution >= 4 is 39.1 Å². The van der Waals surface area contributed by atoms with Gasteiger partial charge in [0.05, 0.1) is 5.52 Å². The first-order valence-corrected chi connectivity index (χ1v) is 10.7. The van der Waals surface area contributed by atoms with Crippen molar-refractivity contribution in [2.75, 3.05) is 4.90 Å². The Morgan fingerprint density at radius 3 is 2.76 bits per heavy atom. The highest BCUT2D eigenvalue weighted by Crippen LogP contribution is 2.34. The summed E-state index contributed by atoms with van der Waals surface area (Å²) < 4.78 is 0. The van der Waals surface area contributed by atoms with E-state index in [2.05, 4.69) is 51.3 Å². The molecule has 4 aromatic rings. The Kier molecular flexibility index (Phi) is 4.90. The first-order chi connectivity index (χ1) is 14.2. The number of pyridine rings is 1. The Bertz CT molecular complexity index is 1140. The molecule has 0 spiro atoms. The highest BCUT2D eigenvalue weighted by Gasteiger charge is 2.26. The van der Waals surface area contributed by atoms with Crippen molar-refractivity contribution in [3.63, 3.8) is 0 Å². The summed E-state index contributed by atoms with van der Waals surface area (Å²) in [6.07, 6.45) is 8.27. The van der Waals surface area contributed by atoms with E-state index in [-0.39, 0.29) is 0 Å². The third-order valence-corrected chi connectivity index (χ3v) is 6.38. The van der Waals surface area contributed by atoms with Crippen LogP contribution in [-0.2, 0) is 6.54 Å². The fourth-order valence-corrected chi connectivity index (χ4v) is 4.74. The first-order valence-electron chi connectivity index (χ1n) is 10.3. The molecule has 0 amide bonds. The summed E-state index contributed by atoms with van der Waals surface area (Å²) in [5.74, 6) is 0. The van der Waals surface area contributed by atoms with Gasteiger partial charge < -0.3 is 15.6 Å². The topological polar surface area (TPSA) is 57.9 Å². The molecule has 0 atom stereocenters. The molecule has 0 aliphatic heterocycles. The molecule has 148 valence electrons. The standard InChI is InChI=1S/C24H25ClN4/c25-18-3-8-21-23(14-18)28-12-10-24(21)29(20-6-4-19(26)5-7-20)15-16-1-2-17-9-11-27-22(17)13-16/h1-3,8-14,19-20,27H,4-7,15,26H2. The molecule has 1 fully saturated rings. The maximum absolute atomic E-state index is 6.22. The highest BCUT2D eigenvalue weighted by atomic mass is 35.5. The Labute approximate surface area is 175 Å². The number of halogens is 1. The summed E-state index contributed by atoms with van der Waals surface area (Å²) in [5.41, 5.74) is 10.8. The molecule has 5 heteroatoms. The Hall–Kier alpha value is -2.56. The minimum Gasteiger partial charge on any atom is -0.364 e. The Morgan fingerprint density at radius 1 is 1.03 bits per heavy atom. The van der Waals surface area contributed by atoms with Crippen molar-refractivity contribution in [3.05, 3.63) is 71.5 Å². The number of nitrogens with two attached hydrogens (primary N) is 1. The number of benzene rings is 2. The van der Waals surface area contributed by atoms with Gasteiger partial charge >= 0.3 is 0 Å². The molecular weight excluding hydrogens is 380 g/mol. The average Bonchev–Trinajstić information content (AvgIpc) is 3.20. The third-order valence-electron chi connectivity index (χ3n) is 6.15. The fourth-order valence-electron chi connectivity index (χ4n) is 4.57. The van der Waals surface area contributed by atoms with Crippen molar-refractivity contribution in [1.29, 1.82) is 0 Å². The summed E-state index contributed by atoms with van der Waals surface area (Å²) in [4.78, 5) is 10.4. The number of aromatic nitrogens is 2. The second kappa shape index (κ2) is 7.69. The van der Waals surface area contributed by atoms with Gasteiger partial charge in [0.15, 0.2) is 0 Å². The smallest absolute Gasteiger partial charge is 0.0737 e. The molecule has 3 N–H and O–H groups in total. The molecule has 0 bridgehead atoms. The number of fused-ring (bicyclic) bond motifs is 2. The molecule has 2 heterocycles. The molecule has 0 unspecified atom stereocenters. The SMILES string of the molecule is NC1CCC(N(Cc2ccc3cc[nH]c3c2)c2ccnc3cc(Cl)ccc23)CC1. The van der Waals surface area contributed by atoms with Crippen LogP contribution in [0.3, 0.4) is 0 Å². The van der Waals surface area contributed by atoms with Crippen LogP contribution in [0.5, 0.6) is 0 Å². The van der Waals surface area contributed by atoms with Crippen LogP contribution >= 0.6 is 11.6 Å². The zero-order valence-corrected chi connectivity index (χ0v) is 17.1. The maximum Gasteiger partial charge on any atom is 0.0737 e. The monoisotopic (exact) mass is 404 g/mol. The van der Waals surface area contributed by atoms with Crippen LogP contribution in [0.4, 0.5) is 5.69 Å². The van der Waals surface area contributed by atoms with Gasteiger partial charge in [0, 0.05) is 52.6 Å². The minimum atomic E-state index is 0.330. The average molecular weight is 405 g/mol. The normalized spacial score (nSPS) is 19.7. The van der Waals surface area contributed by atoms with Gasteiger partial charge in [-0.1, -0.05) is 23.7 Å². The molecule has 4 nitrogen and oxygen atoms in total. The molecular formula is C24H25ClN4. The van der Waals surface area contributed by atoms with Crippen LogP contribution in [0.2, 0.25) is 5.02 Å². The molecule has 0 saturated heterocycles. The van der Waals surface area contributed by atoms with E-state index in [1.807, 2.05) is 24.5 Å². The first kappa shape index (κ1) is 18.5. The number of aromatic amines is 1. The van der Waals surface area contributed by atoms with Gasteiger partial charge in [-0.3, -0.25) is 4.98 Å². The summed E-state index contributed by atoms with van der Waals surface area (Å²) >= 11 is 6.22. The maximum atomic E-state index is 6.22. The van der Waals surface area contributed by atoms with Crippen LogP contribution in [-0.4, -0.2) is 22.1 Å². The number of nitrogens with one attached hydrogen (secondary N) is 1. The fraction of sp³-hybridized carbons (Fsp3) is 0.292. The number of hydrogen-bond acceptors (Lipinski definition) is 3. The predicted octanol–water partition coefficient (Wildman–Crippen LogP) is 5.65. The zero-order valence-electron chi connectivity index (χ0n) is 16.3. The van der Waals surface area contributed by atoms with Gasteiger partial charge in [-0.25, -0.2) is 0 Å². The lowest BCUT2D eigenvalue weighted by Gasteiger charge is -2.38. The van der Waals surface area contributed by atoms with Gasteiger partial charge in [-0.15, -0.1) is 0 Å². The lowest BCUT2D eigenvalue weighted by molar-refractivity contribution is 0.375. The van der Waals surface area contributed by atoms with Crippen LogP contribution in [0.25, 0.3) is 21.8 Å². The van der Waals surface area contributed by atoms with Gasteiger partial charge in [0.2, 0.25) is 0 Å². The lowest BCUT2D eigenvalue weighted by atomic mass is 9.90. The van der Waals surface area contributed by atoms with Gasteiger partial charge in [-0.05, 0) is 73.0 Å². The largest absolute Gasteiger partial charge is 0.364 e. The van der Waals surface area contributed by atoms with E-state index in [1.165, 1.54) is 22.2 Å². The number of nitrogens with zero attached hydrogens (tertiary/aromatic N) is 2. The van der Waals surface area contributed by atoms with E-state index in [9.17, 15) is 0 Å². The number of rotatable bonds is 4. The molecule has 1 aliphatic rings. The molecule has 5 rings (SSSR count). The van der Waals surface area contributed by atoms with Gasteiger partial charge in [0.1, 0.15) is 0 Å².